The number of ether oxygens (including phenoxy) is 1. The third-order valence-corrected chi connectivity index (χ3v) is 4.35. The van der Waals surface area contributed by atoms with Crippen LogP contribution in [-0.4, -0.2) is 37.7 Å². The molecule has 0 aliphatic rings. The first-order valence-corrected chi connectivity index (χ1v) is 9.30. The Morgan fingerprint density at radius 2 is 1.79 bits per heavy atom. The lowest BCUT2D eigenvalue weighted by Crippen LogP contribution is -2.09. The Morgan fingerprint density at radius 1 is 1.00 bits per heavy atom. The lowest BCUT2D eigenvalue weighted by atomic mass is 10.1. The molecule has 0 atom stereocenters. The van der Waals surface area contributed by atoms with Crippen LogP contribution in [0.3, 0.4) is 0 Å². The van der Waals surface area contributed by atoms with Crippen molar-refractivity contribution in [2.24, 2.45) is 0 Å². The third kappa shape index (κ3) is 5.36. The van der Waals surface area contributed by atoms with Crippen molar-refractivity contribution in [2.45, 2.75) is 13.3 Å². The molecule has 3 aromatic rings. The molecular weight excluding hydrogens is 350 g/mol. The van der Waals surface area contributed by atoms with Crippen LogP contribution >= 0.6 is 0 Å². The molecule has 0 spiro atoms. The van der Waals surface area contributed by atoms with Crippen LogP contribution in [0.4, 0.5) is 23.1 Å². The zero-order valence-corrected chi connectivity index (χ0v) is 16.9. The van der Waals surface area contributed by atoms with Crippen molar-refractivity contribution in [1.29, 1.82) is 0 Å². The monoisotopic (exact) mass is 377 g/mol. The van der Waals surface area contributed by atoms with Gasteiger partial charge in [0.05, 0.1) is 7.11 Å². The first-order chi connectivity index (χ1) is 13.5. The van der Waals surface area contributed by atoms with E-state index in [1.165, 1.54) is 5.56 Å². The van der Waals surface area contributed by atoms with E-state index in [1.807, 2.05) is 51.4 Å². The van der Waals surface area contributed by atoms with Crippen molar-refractivity contribution in [3.8, 4) is 5.75 Å². The van der Waals surface area contributed by atoms with Crippen LogP contribution in [0.2, 0.25) is 0 Å². The molecule has 0 unspecified atom stereocenters. The molecule has 0 aliphatic carbocycles. The summed E-state index contributed by atoms with van der Waals surface area (Å²) in [5.74, 6) is 2.27. The molecule has 2 N–H and O–H groups in total. The molecule has 0 saturated carbocycles. The molecule has 0 amide bonds. The average molecular weight is 377 g/mol. The first-order valence-electron chi connectivity index (χ1n) is 9.30. The van der Waals surface area contributed by atoms with Crippen molar-refractivity contribution in [3.05, 3.63) is 65.9 Å². The third-order valence-electron chi connectivity index (χ3n) is 4.35. The molecule has 1 aromatic heterocycles. The minimum Gasteiger partial charge on any atom is -0.497 e. The summed E-state index contributed by atoms with van der Waals surface area (Å²) in [6.07, 6.45) is 0.884. The summed E-state index contributed by atoms with van der Waals surface area (Å²) in [6, 6.07) is 18.2. The Bertz CT molecular complexity index is 909. The van der Waals surface area contributed by atoms with E-state index in [0.29, 0.717) is 5.95 Å². The fourth-order valence-electron chi connectivity index (χ4n) is 2.85. The molecule has 2 aromatic carbocycles. The molecular formula is C22H27N5O. The fraction of sp³-hybridized carbons (Fsp3) is 0.273. The lowest BCUT2D eigenvalue weighted by molar-refractivity contribution is 0.414. The highest BCUT2D eigenvalue weighted by Crippen LogP contribution is 2.19. The van der Waals surface area contributed by atoms with Gasteiger partial charge in [-0.25, -0.2) is 4.98 Å². The number of methoxy groups -OCH3 is 1. The summed E-state index contributed by atoms with van der Waals surface area (Å²) in [6.45, 7) is 2.75. The highest BCUT2D eigenvalue weighted by molar-refractivity contribution is 5.59. The van der Waals surface area contributed by atoms with E-state index in [2.05, 4.69) is 49.8 Å². The second-order valence-corrected chi connectivity index (χ2v) is 6.81. The maximum absolute atomic E-state index is 5.28. The van der Waals surface area contributed by atoms with Crippen LogP contribution in [0.5, 0.6) is 5.75 Å². The van der Waals surface area contributed by atoms with Gasteiger partial charge in [-0.3, -0.25) is 0 Å². The number of hydrogen-bond acceptors (Lipinski definition) is 6. The van der Waals surface area contributed by atoms with Crippen molar-refractivity contribution >= 4 is 23.1 Å². The fourth-order valence-corrected chi connectivity index (χ4v) is 2.85. The minimum absolute atomic E-state index is 0.585. The van der Waals surface area contributed by atoms with Gasteiger partial charge in [0.15, 0.2) is 0 Å². The first kappa shape index (κ1) is 19.5. The molecule has 0 fully saturated rings. The van der Waals surface area contributed by atoms with Gasteiger partial charge in [0.2, 0.25) is 5.95 Å². The molecule has 6 nitrogen and oxygen atoms in total. The summed E-state index contributed by atoms with van der Waals surface area (Å²) in [5, 5.41) is 6.66. The summed E-state index contributed by atoms with van der Waals surface area (Å²) >= 11 is 0. The van der Waals surface area contributed by atoms with E-state index in [1.54, 1.807) is 7.11 Å². The van der Waals surface area contributed by atoms with Gasteiger partial charge in [-0.05, 0) is 55.3 Å². The van der Waals surface area contributed by atoms with Gasteiger partial charge in [0.25, 0.3) is 0 Å². The molecule has 6 heteroatoms. The summed E-state index contributed by atoms with van der Waals surface area (Å²) in [4.78, 5) is 11.1. The predicted molar refractivity (Wildman–Crippen MR) is 116 cm³/mol. The molecule has 3 rings (SSSR count). The van der Waals surface area contributed by atoms with Gasteiger partial charge in [-0.2, -0.15) is 4.98 Å². The van der Waals surface area contributed by atoms with Crippen LogP contribution in [0, 0.1) is 6.92 Å². The standard InChI is InChI=1S/C22H27N5O/c1-16-14-21(23-13-12-17-6-5-7-20(15-17)28-4)26-22(24-16)25-18-8-10-19(11-9-18)27(2)3/h5-11,14-15H,12-13H2,1-4H3,(H2,23,24,25,26). The van der Waals surface area contributed by atoms with Crippen LogP contribution in [0.15, 0.2) is 54.6 Å². The largest absolute Gasteiger partial charge is 0.497 e. The second kappa shape index (κ2) is 9.08. The van der Waals surface area contributed by atoms with E-state index in [4.69, 9.17) is 4.74 Å². The normalized spacial score (nSPS) is 10.4. The SMILES string of the molecule is COc1cccc(CCNc2cc(C)nc(Nc3ccc(N(C)C)cc3)n2)c1. The van der Waals surface area contributed by atoms with Crippen molar-refractivity contribution < 1.29 is 4.74 Å². The number of rotatable bonds is 8. The number of hydrogen-bond donors (Lipinski definition) is 2. The van der Waals surface area contributed by atoms with Crippen LogP contribution in [0.25, 0.3) is 0 Å². The zero-order valence-electron chi connectivity index (χ0n) is 16.9. The quantitative estimate of drug-likeness (QED) is 0.612. The Labute approximate surface area is 166 Å². The van der Waals surface area contributed by atoms with E-state index >= 15 is 0 Å². The van der Waals surface area contributed by atoms with Crippen molar-refractivity contribution in [2.75, 3.05) is 43.3 Å². The number of aryl methyl sites for hydroxylation is 1. The molecule has 0 aliphatic heterocycles. The Balaban J connectivity index is 1.62. The Kier molecular flexibility index (Phi) is 6.32. The van der Waals surface area contributed by atoms with Crippen LogP contribution < -0.4 is 20.3 Å². The number of nitrogens with zero attached hydrogens (tertiary/aromatic N) is 3. The summed E-state index contributed by atoms with van der Waals surface area (Å²) in [5.41, 5.74) is 4.23. The van der Waals surface area contributed by atoms with Gasteiger partial charge in [0, 0.05) is 43.8 Å². The molecule has 0 saturated heterocycles. The lowest BCUT2D eigenvalue weighted by Gasteiger charge is -2.13. The van der Waals surface area contributed by atoms with E-state index in [-0.39, 0.29) is 0 Å². The number of nitrogens with one attached hydrogen (secondary N) is 2. The average Bonchev–Trinajstić information content (AvgIpc) is 2.68. The minimum atomic E-state index is 0.585. The Morgan fingerprint density at radius 3 is 2.50 bits per heavy atom. The Hall–Kier alpha value is -3.28. The maximum Gasteiger partial charge on any atom is 0.229 e. The maximum atomic E-state index is 5.28. The van der Waals surface area contributed by atoms with Crippen molar-refractivity contribution in [1.82, 2.24) is 9.97 Å². The van der Waals surface area contributed by atoms with Gasteiger partial charge in [-0.1, -0.05) is 12.1 Å². The van der Waals surface area contributed by atoms with Crippen LogP contribution in [0.1, 0.15) is 11.3 Å². The smallest absolute Gasteiger partial charge is 0.229 e. The second-order valence-electron chi connectivity index (χ2n) is 6.81. The molecule has 0 radical (unpaired) electrons. The van der Waals surface area contributed by atoms with E-state index in [9.17, 15) is 0 Å². The zero-order chi connectivity index (χ0) is 19.9. The van der Waals surface area contributed by atoms with Crippen molar-refractivity contribution in [3.63, 3.8) is 0 Å². The van der Waals surface area contributed by atoms with Gasteiger partial charge in [-0.15, -0.1) is 0 Å². The van der Waals surface area contributed by atoms with E-state index < -0.39 is 0 Å². The highest BCUT2D eigenvalue weighted by Gasteiger charge is 2.04. The van der Waals surface area contributed by atoms with Gasteiger partial charge >= 0.3 is 0 Å². The highest BCUT2D eigenvalue weighted by atomic mass is 16.5. The number of aromatic nitrogens is 2. The van der Waals surface area contributed by atoms with Gasteiger partial charge in [0.1, 0.15) is 11.6 Å². The van der Waals surface area contributed by atoms with Gasteiger partial charge < -0.3 is 20.3 Å². The molecule has 1 heterocycles. The summed E-state index contributed by atoms with van der Waals surface area (Å²) in [7, 11) is 5.73. The summed E-state index contributed by atoms with van der Waals surface area (Å²) < 4.78 is 5.28. The number of anilines is 4. The predicted octanol–water partition coefficient (Wildman–Crippen LogP) is 4.26. The number of benzene rings is 2. The molecule has 0 bridgehead atoms. The van der Waals surface area contributed by atoms with E-state index in [0.717, 1.165) is 41.6 Å². The molecule has 146 valence electrons. The van der Waals surface area contributed by atoms with Crippen LogP contribution in [-0.2, 0) is 6.42 Å². The topological polar surface area (TPSA) is 62.3 Å². The molecule has 28 heavy (non-hydrogen) atoms.